The molecule has 1 saturated heterocycles. The Morgan fingerprint density at radius 3 is 2.74 bits per heavy atom. The Kier molecular flexibility index (Phi) is 5.28. The van der Waals surface area contributed by atoms with Crippen LogP contribution in [0.25, 0.3) is 0 Å². The lowest BCUT2D eigenvalue weighted by molar-refractivity contribution is 0.296. The summed E-state index contributed by atoms with van der Waals surface area (Å²) < 4.78 is 11.3. The lowest BCUT2D eigenvalue weighted by atomic mass is 9.90. The Bertz CT molecular complexity index is 411. The summed E-state index contributed by atoms with van der Waals surface area (Å²) in [5, 5.41) is 3.40. The van der Waals surface area contributed by atoms with E-state index in [0.29, 0.717) is 19.1 Å². The fourth-order valence-electron chi connectivity index (χ4n) is 2.47. The van der Waals surface area contributed by atoms with Crippen LogP contribution in [-0.4, -0.2) is 26.3 Å². The average Bonchev–Trinajstić information content (AvgIpc) is 2.47. The second-order valence-electron chi connectivity index (χ2n) is 4.76. The summed E-state index contributed by atoms with van der Waals surface area (Å²) >= 11 is 0. The van der Waals surface area contributed by atoms with Crippen LogP contribution >= 0.6 is 0 Å². The minimum Gasteiger partial charge on any atom is -0.490 e. The molecule has 3 heteroatoms. The average molecular weight is 261 g/mol. The maximum atomic E-state index is 5.69. The van der Waals surface area contributed by atoms with Crippen molar-refractivity contribution in [2.45, 2.75) is 25.7 Å². The molecule has 0 saturated carbocycles. The molecule has 2 rings (SSSR count). The smallest absolute Gasteiger partial charge is 0.161 e. The molecule has 1 N–H and O–H groups in total. The van der Waals surface area contributed by atoms with Crippen LogP contribution in [-0.2, 0) is 0 Å². The highest BCUT2D eigenvalue weighted by atomic mass is 16.5. The molecule has 3 nitrogen and oxygen atoms in total. The van der Waals surface area contributed by atoms with E-state index in [-0.39, 0.29) is 0 Å². The predicted octanol–water partition coefficient (Wildman–Crippen LogP) is 3.12. The number of benzene rings is 1. The lowest BCUT2D eigenvalue weighted by Gasteiger charge is -2.24. The fraction of sp³-hybridized carbons (Fsp3) is 0.500. The summed E-state index contributed by atoms with van der Waals surface area (Å²) in [7, 11) is 0. The van der Waals surface area contributed by atoms with Gasteiger partial charge in [0.1, 0.15) is 6.61 Å². The third kappa shape index (κ3) is 3.74. The number of ether oxygens (including phenoxy) is 2. The van der Waals surface area contributed by atoms with Crippen molar-refractivity contribution in [3.05, 3.63) is 36.4 Å². The predicted molar refractivity (Wildman–Crippen MR) is 78.1 cm³/mol. The summed E-state index contributed by atoms with van der Waals surface area (Å²) in [6, 6.07) is 6.32. The molecule has 1 aliphatic heterocycles. The van der Waals surface area contributed by atoms with Crippen molar-refractivity contribution in [1.29, 1.82) is 0 Å². The van der Waals surface area contributed by atoms with E-state index in [9.17, 15) is 0 Å². The summed E-state index contributed by atoms with van der Waals surface area (Å²) in [6.45, 7) is 9.02. The molecule has 0 amide bonds. The highest BCUT2D eigenvalue weighted by molar-refractivity contribution is 5.44. The Labute approximate surface area is 115 Å². The normalized spacial score (nSPS) is 16.1. The van der Waals surface area contributed by atoms with Crippen LogP contribution in [0.2, 0.25) is 0 Å². The molecule has 19 heavy (non-hydrogen) atoms. The second-order valence-corrected chi connectivity index (χ2v) is 4.76. The van der Waals surface area contributed by atoms with E-state index in [1.165, 1.54) is 18.4 Å². The highest BCUT2D eigenvalue weighted by Gasteiger charge is 2.17. The van der Waals surface area contributed by atoms with E-state index in [0.717, 1.165) is 24.6 Å². The third-order valence-electron chi connectivity index (χ3n) is 3.43. The van der Waals surface area contributed by atoms with Gasteiger partial charge in [0.25, 0.3) is 0 Å². The second kappa shape index (κ2) is 7.19. The first-order valence-corrected chi connectivity index (χ1v) is 7.06. The van der Waals surface area contributed by atoms with Crippen LogP contribution in [0.1, 0.15) is 31.2 Å². The van der Waals surface area contributed by atoms with Crippen LogP contribution < -0.4 is 14.8 Å². The van der Waals surface area contributed by atoms with E-state index < -0.39 is 0 Å². The van der Waals surface area contributed by atoms with Gasteiger partial charge in [0.05, 0.1) is 6.61 Å². The van der Waals surface area contributed by atoms with Gasteiger partial charge in [-0.1, -0.05) is 18.7 Å². The molecule has 104 valence electrons. The zero-order chi connectivity index (χ0) is 13.5. The lowest BCUT2D eigenvalue weighted by Crippen LogP contribution is -2.26. The summed E-state index contributed by atoms with van der Waals surface area (Å²) in [5.41, 5.74) is 1.36. The molecule has 0 bridgehead atoms. The quantitative estimate of drug-likeness (QED) is 0.798. The van der Waals surface area contributed by atoms with Gasteiger partial charge in [0.2, 0.25) is 0 Å². The molecule has 0 atom stereocenters. The molecule has 1 fully saturated rings. The van der Waals surface area contributed by atoms with E-state index in [1.807, 2.05) is 13.0 Å². The van der Waals surface area contributed by atoms with Crippen LogP contribution in [0.3, 0.4) is 0 Å². The number of nitrogens with one attached hydrogen (secondary N) is 1. The van der Waals surface area contributed by atoms with Crippen molar-refractivity contribution >= 4 is 0 Å². The molecule has 0 aromatic heterocycles. The largest absolute Gasteiger partial charge is 0.490 e. The van der Waals surface area contributed by atoms with Gasteiger partial charge in [-0.05, 0) is 56.5 Å². The van der Waals surface area contributed by atoms with Crippen molar-refractivity contribution < 1.29 is 9.47 Å². The van der Waals surface area contributed by atoms with Gasteiger partial charge in [-0.3, -0.25) is 0 Å². The first-order valence-electron chi connectivity index (χ1n) is 7.06. The highest BCUT2D eigenvalue weighted by Crippen LogP contribution is 2.34. The van der Waals surface area contributed by atoms with E-state index >= 15 is 0 Å². The van der Waals surface area contributed by atoms with Gasteiger partial charge >= 0.3 is 0 Å². The van der Waals surface area contributed by atoms with Crippen LogP contribution in [0.15, 0.2) is 30.9 Å². The number of hydrogen-bond acceptors (Lipinski definition) is 3. The third-order valence-corrected chi connectivity index (χ3v) is 3.43. The molecular weight excluding hydrogens is 238 g/mol. The number of hydrogen-bond donors (Lipinski definition) is 1. The number of piperidine rings is 1. The molecule has 0 aliphatic carbocycles. The van der Waals surface area contributed by atoms with E-state index in [2.05, 4.69) is 24.0 Å². The first-order chi connectivity index (χ1) is 9.35. The van der Waals surface area contributed by atoms with Crippen molar-refractivity contribution in [2.75, 3.05) is 26.3 Å². The van der Waals surface area contributed by atoms with E-state index in [4.69, 9.17) is 9.47 Å². The zero-order valence-corrected chi connectivity index (χ0v) is 11.7. The van der Waals surface area contributed by atoms with Crippen molar-refractivity contribution in [3.8, 4) is 11.5 Å². The fourth-order valence-corrected chi connectivity index (χ4v) is 2.47. The minimum absolute atomic E-state index is 0.507. The molecule has 0 unspecified atom stereocenters. The Morgan fingerprint density at radius 1 is 1.26 bits per heavy atom. The molecule has 1 aromatic carbocycles. The van der Waals surface area contributed by atoms with Gasteiger partial charge in [0, 0.05) is 0 Å². The molecule has 0 radical (unpaired) electrons. The van der Waals surface area contributed by atoms with Gasteiger partial charge in [-0.2, -0.15) is 0 Å². The Hall–Kier alpha value is -1.48. The van der Waals surface area contributed by atoms with Gasteiger partial charge in [-0.25, -0.2) is 0 Å². The van der Waals surface area contributed by atoms with Crippen molar-refractivity contribution in [1.82, 2.24) is 5.32 Å². The van der Waals surface area contributed by atoms with Crippen molar-refractivity contribution in [3.63, 3.8) is 0 Å². The maximum absolute atomic E-state index is 5.69. The monoisotopic (exact) mass is 261 g/mol. The molecule has 1 aliphatic rings. The molecule has 0 spiro atoms. The van der Waals surface area contributed by atoms with Gasteiger partial charge in [0.15, 0.2) is 11.5 Å². The summed E-state index contributed by atoms with van der Waals surface area (Å²) in [6.07, 6.45) is 4.13. The van der Waals surface area contributed by atoms with Gasteiger partial charge in [-0.15, -0.1) is 0 Å². The Balaban J connectivity index is 2.16. The van der Waals surface area contributed by atoms with E-state index in [1.54, 1.807) is 6.08 Å². The van der Waals surface area contributed by atoms with Crippen LogP contribution in [0.4, 0.5) is 0 Å². The first kappa shape index (κ1) is 13.9. The van der Waals surface area contributed by atoms with Crippen LogP contribution in [0, 0.1) is 0 Å². The maximum Gasteiger partial charge on any atom is 0.161 e. The SMILES string of the molecule is C=CCOc1ccc(C2CCNCC2)cc1OCC. The number of rotatable bonds is 6. The summed E-state index contributed by atoms with van der Waals surface area (Å²) in [5.74, 6) is 2.29. The van der Waals surface area contributed by atoms with Crippen LogP contribution in [0.5, 0.6) is 11.5 Å². The molecule has 1 aromatic rings. The molecular formula is C16H23NO2. The standard InChI is InChI=1S/C16H23NO2/c1-3-11-19-15-6-5-14(12-16(15)18-4-2)13-7-9-17-10-8-13/h3,5-6,12-13,17H,1,4,7-11H2,2H3. The minimum atomic E-state index is 0.507. The van der Waals surface area contributed by atoms with Gasteiger partial charge < -0.3 is 14.8 Å². The Morgan fingerprint density at radius 2 is 2.05 bits per heavy atom. The zero-order valence-electron chi connectivity index (χ0n) is 11.7. The molecule has 1 heterocycles. The van der Waals surface area contributed by atoms with Crippen molar-refractivity contribution in [2.24, 2.45) is 0 Å². The summed E-state index contributed by atoms with van der Waals surface area (Å²) in [4.78, 5) is 0. The topological polar surface area (TPSA) is 30.5 Å².